The quantitative estimate of drug-likeness (QED) is 0.747. The molecule has 2 heterocycles. The van der Waals surface area contributed by atoms with Gasteiger partial charge in [-0.25, -0.2) is 4.98 Å². The molecule has 1 aliphatic heterocycles. The monoisotopic (exact) mass is 381 g/mol. The molecule has 1 saturated heterocycles. The second kappa shape index (κ2) is 9.46. The Labute approximate surface area is 165 Å². The molecule has 1 fully saturated rings. The van der Waals surface area contributed by atoms with E-state index in [4.69, 9.17) is 4.74 Å². The Morgan fingerprint density at radius 1 is 1.11 bits per heavy atom. The molecule has 0 radical (unpaired) electrons. The van der Waals surface area contributed by atoms with Crippen LogP contribution in [-0.2, 0) is 16.1 Å². The van der Waals surface area contributed by atoms with E-state index < -0.39 is 0 Å². The lowest BCUT2D eigenvalue weighted by molar-refractivity contribution is -0.121. The van der Waals surface area contributed by atoms with E-state index in [1.54, 1.807) is 6.20 Å². The number of ketones is 1. The first-order chi connectivity index (χ1) is 13.5. The number of anilines is 1. The van der Waals surface area contributed by atoms with Crippen molar-refractivity contribution in [3.63, 3.8) is 0 Å². The van der Waals surface area contributed by atoms with E-state index in [0.717, 1.165) is 48.8 Å². The Bertz CT molecular complexity index is 827. The Morgan fingerprint density at radius 3 is 2.61 bits per heavy atom. The third-order valence-corrected chi connectivity index (χ3v) is 4.91. The number of hydrogen-bond acceptors (Lipinski definition) is 5. The molecular weight excluding hydrogens is 354 g/mol. The van der Waals surface area contributed by atoms with Crippen LogP contribution >= 0.6 is 0 Å². The van der Waals surface area contributed by atoms with E-state index in [0.29, 0.717) is 12.1 Å². The Morgan fingerprint density at radius 2 is 1.89 bits per heavy atom. The Kier molecular flexibility index (Phi) is 6.76. The van der Waals surface area contributed by atoms with E-state index >= 15 is 0 Å². The summed E-state index contributed by atoms with van der Waals surface area (Å²) in [5, 5.41) is 2.87. The number of carbonyl (C=O) groups excluding carboxylic acids is 2. The van der Waals surface area contributed by atoms with Crippen molar-refractivity contribution in [2.24, 2.45) is 0 Å². The average Bonchev–Trinajstić information content (AvgIpc) is 2.73. The van der Waals surface area contributed by atoms with Crippen LogP contribution in [-0.4, -0.2) is 43.0 Å². The minimum absolute atomic E-state index is 0.00730. The molecule has 1 aliphatic rings. The molecule has 0 spiro atoms. The lowest BCUT2D eigenvalue weighted by atomic mass is 9.99. The largest absolute Gasteiger partial charge is 0.378 e. The zero-order valence-electron chi connectivity index (χ0n) is 16.5. The van der Waals surface area contributed by atoms with Crippen LogP contribution in [0.25, 0.3) is 0 Å². The highest BCUT2D eigenvalue weighted by atomic mass is 16.5. The van der Waals surface area contributed by atoms with Gasteiger partial charge in [-0.3, -0.25) is 9.59 Å². The molecule has 1 amide bonds. The molecule has 1 aromatic heterocycles. The minimum atomic E-state index is -0.129. The predicted octanol–water partition coefficient (Wildman–Crippen LogP) is 2.81. The van der Waals surface area contributed by atoms with Crippen LogP contribution in [0.2, 0.25) is 0 Å². The van der Waals surface area contributed by atoms with Crippen LogP contribution in [0.5, 0.6) is 0 Å². The number of pyridine rings is 1. The molecule has 6 heteroatoms. The summed E-state index contributed by atoms with van der Waals surface area (Å²) in [6.07, 6.45) is 2.18. The summed E-state index contributed by atoms with van der Waals surface area (Å²) in [5.41, 5.74) is 3.63. The number of Topliss-reactive ketones (excluding diaryl/α,β-unsaturated/α-hetero) is 1. The van der Waals surface area contributed by atoms with Crippen molar-refractivity contribution < 1.29 is 14.3 Å². The van der Waals surface area contributed by atoms with Gasteiger partial charge in [0.2, 0.25) is 5.91 Å². The maximum Gasteiger partial charge on any atom is 0.220 e. The standard InChI is InChI=1S/C22H27N3O3/c1-16-3-4-17(2)19(13-16)20(26)6-8-22(27)24-15-18-5-7-21(23-14-18)25-9-11-28-12-10-25/h3-5,7,13-14H,6,8-12,15H2,1-2H3,(H,24,27). The molecule has 0 unspecified atom stereocenters. The number of nitrogens with zero attached hydrogens (tertiary/aromatic N) is 2. The van der Waals surface area contributed by atoms with Gasteiger partial charge in [-0.15, -0.1) is 0 Å². The lowest BCUT2D eigenvalue weighted by Gasteiger charge is -2.27. The molecule has 1 aromatic carbocycles. The van der Waals surface area contributed by atoms with Gasteiger partial charge in [0.1, 0.15) is 5.82 Å². The fourth-order valence-corrected chi connectivity index (χ4v) is 3.19. The minimum Gasteiger partial charge on any atom is -0.378 e. The number of amides is 1. The summed E-state index contributed by atoms with van der Waals surface area (Å²) in [4.78, 5) is 31.2. The second-order valence-electron chi connectivity index (χ2n) is 7.14. The number of benzene rings is 1. The topological polar surface area (TPSA) is 71.5 Å². The summed E-state index contributed by atoms with van der Waals surface area (Å²) < 4.78 is 5.35. The van der Waals surface area contributed by atoms with Gasteiger partial charge in [0.25, 0.3) is 0 Å². The van der Waals surface area contributed by atoms with Gasteiger partial charge < -0.3 is 15.0 Å². The fourth-order valence-electron chi connectivity index (χ4n) is 3.19. The number of ether oxygens (including phenoxy) is 1. The van der Waals surface area contributed by atoms with Crippen molar-refractivity contribution in [3.8, 4) is 0 Å². The SMILES string of the molecule is Cc1ccc(C)c(C(=O)CCC(=O)NCc2ccc(N3CCOCC3)nc2)c1. The Balaban J connectivity index is 1.45. The molecule has 0 aliphatic carbocycles. The van der Waals surface area contributed by atoms with Crippen LogP contribution in [0.4, 0.5) is 5.82 Å². The maximum atomic E-state index is 12.4. The highest BCUT2D eigenvalue weighted by molar-refractivity contribution is 5.99. The maximum absolute atomic E-state index is 12.4. The van der Waals surface area contributed by atoms with Crippen molar-refractivity contribution >= 4 is 17.5 Å². The van der Waals surface area contributed by atoms with Crippen molar-refractivity contribution in [1.82, 2.24) is 10.3 Å². The third-order valence-electron chi connectivity index (χ3n) is 4.91. The van der Waals surface area contributed by atoms with Gasteiger partial charge in [0, 0.05) is 44.2 Å². The number of carbonyl (C=O) groups is 2. The van der Waals surface area contributed by atoms with Gasteiger partial charge in [0.15, 0.2) is 5.78 Å². The molecule has 148 valence electrons. The van der Waals surface area contributed by atoms with E-state index in [-0.39, 0.29) is 24.5 Å². The van der Waals surface area contributed by atoms with Crippen molar-refractivity contribution in [1.29, 1.82) is 0 Å². The Hall–Kier alpha value is -2.73. The van der Waals surface area contributed by atoms with Crippen LogP contribution in [0, 0.1) is 13.8 Å². The summed E-state index contributed by atoms with van der Waals surface area (Å²) in [5.74, 6) is 0.807. The number of aromatic nitrogens is 1. The second-order valence-corrected chi connectivity index (χ2v) is 7.14. The van der Waals surface area contributed by atoms with E-state index in [1.807, 2.05) is 44.2 Å². The van der Waals surface area contributed by atoms with Crippen LogP contribution < -0.4 is 10.2 Å². The molecule has 0 bridgehead atoms. The molecule has 3 rings (SSSR count). The molecule has 6 nitrogen and oxygen atoms in total. The van der Waals surface area contributed by atoms with Crippen LogP contribution in [0.3, 0.4) is 0 Å². The highest BCUT2D eigenvalue weighted by Crippen LogP contribution is 2.15. The molecule has 0 saturated carbocycles. The van der Waals surface area contributed by atoms with E-state index in [9.17, 15) is 9.59 Å². The zero-order valence-corrected chi connectivity index (χ0v) is 16.5. The molecule has 1 N–H and O–H groups in total. The molecule has 28 heavy (non-hydrogen) atoms. The van der Waals surface area contributed by atoms with Crippen molar-refractivity contribution in [3.05, 3.63) is 58.8 Å². The lowest BCUT2D eigenvalue weighted by Crippen LogP contribution is -2.36. The number of nitrogens with one attached hydrogen (secondary N) is 1. The number of aryl methyl sites for hydroxylation is 2. The molecular formula is C22H27N3O3. The fraction of sp³-hybridized carbons (Fsp3) is 0.409. The van der Waals surface area contributed by atoms with Gasteiger partial charge >= 0.3 is 0 Å². The summed E-state index contributed by atoms with van der Waals surface area (Å²) in [6.45, 7) is 7.42. The number of morpholine rings is 1. The van der Waals surface area contributed by atoms with Crippen molar-refractivity contribution in [2.45, 2.75) is 33.2 Å². The first-order valence-electron chi connectivity index (χ1n) is 9.68. The molecule has 2 aromatic rings. The van der Waals surface area contributed by atoms with Crippen LogP contribution in [0.15, 0.2) is 36.5 Å². The summed E-state index contributed by atoms with van der Waals surface area (Å²) >= 11 is 0. The first-order valence-corrected chi connectivity index (χ1v) is 9.68. The smallest absolute Gasteiger partial charge is 0.220 e. The van der Waals surface area contributed by atoms with E-state index in [2.05, 4.69) is 15.2 Å². The van der Waals surface area contributed by atoms with Gasteiger partial charge in [-0.05, 0) is 37.1 Å². The first kappa shape index (κ1) is 20.0. The number of hydrogen-bond donors (Lipinski definition) is 1. The zero-order chi connectivity index (χ0) is 19.9. The molecule has 0 atom stereocenters. The summed E-state index contributed by atoms with van der Waals surface area (Å²) in [6, 6.07) is 9.75. The predicted molar refractivity (Wildman–Crippen MR) is 109 cm³/mol. The van der Waals surface area contributed by atoms with Crippen LogP contribution in [0.1, 0.15) is 39.9 Å². The highest BCUT2D eigenvalue weighted by Gasteiger charge is 2.13. The normalized spacial score (nSPS) is 14.0. The van der Waals surface area contributed by atoms with Gasteiger partial charge in [0.05, 0.1) is 13.2 Å². The number of rotatable bonds is 7. The van der Waals surface area contributed by atoms with Crippen molar-refractivity contribution in [2.75, 3.05) is 31.2 Å². The van der Waals surface area contributed by atoms with E-state index in [1.165, 1.54) is 0 Å². The van der Waals surface area contributed by atoms with Gasteiger partial charge in [-0.2, -0.15) is 0 Å². The van der Waals surface area contributed by atoms with Gasteiger partial charge in [-0.1, -0.05) is 23.8 Å². The third kappa shape index (κ3) is 5.39. The average molecular weight is 381 g/mol. The summed E-state index contributed by atoms with van der Waals surface area (Å²) in [7, 11) is 0.